The van der Waals surface area contributed by atoms with Crippen molar-refractivity contribution in [2.45, 2.75) is 20.8 Å². The van der Waals surface area contributed by atoms with Gasteiger partial charge in [-0.25, -0.2) is 9.37 Å². The van der Waals surface area contributed by atoms with Crippen molar-refractivity contribution in [3.8, 4) is 11.3 Å². The number of carbonyl (C=O) groups excluding carboxylic acids is 2. The number of amides is 2. The summed E-state index contributed by atoms with van der Waals surface area (Å²) < 4.78 is 14.0. The van der Waals surface area contributed by atoms with Gasteiger partial charge in [0.05, 0.1) is 16.8 Å². The van der Waals surface area contributed by atoms with Crippen LogP contribution in [-0.4, -0.2) is 52.8 Å². The maximum Gasteiger partial charge on any atom is 0.254 e. The number of rotatable bonds is 2. The zero-order chi connectivity index (χ0) is 21.4. The van der Waals surface area contributed by atoms with Gasteiger partial charge in [-0.3, -0.25) is 9.59 Å². The summed E-state index contributed by atoms with van der Waals surface area (Å²) >= 11 is 0. The maximum absolute atomic E-state index is 14.0. The zero-order valence-corrected chi connectivity index (χ0v) is 17.4. The number of aryl methyl sites for hydroxylation is 2. The molecule has 0 saturated carbocycles. The van der Waals surface area contributed by atoms with Gasteiger partial charge in [-0.05, 0) is 55.3 Å². The molecule has 1 aliphatic rings. The first-order valence-corrected chi connectivity index (χ1v) is 10.1. The van der Waals surface area contributed by atoms with Crippen LogP contribution in [0.4, 0.5) is 4.39 Å². The van der Waals surface area contributed by atoms with Crippen molar-refractivity contribution in [2.24, 2.45) is 0 Å². The SMILES string of the molecule is CC(=O)N1CCN(C(=O)c2cc(-c3ccc(C)c(C)c3)nc3ccc(F)cc23)CC1. The van der Waals surface area contributed by atoms with Crippen molar-refractivity contribution in [3.05, 3.63) is 65.0 Å². The van der Waals surface area contributed by atoms with E-state index in [4.69, 9.17) is 4.98 Å². The molecule has 0 radical (unpaired) electrons. The number of piperazine rings is 1. The van der Waals surface area contributed by atoms with Crippen LogP contribution >= 0.6 is 0 Å². The fourth-order valence-corrected chi connectivity index (χ4v) is 3.82. The molecule has 2 aromatic carbocycles. The number of nitrogens with zero attached hydrogens (tertiary/aromatic N) is 3. The lowest BCUT2D eigenvalue weighted by Crippen LogP contribution is -2.50. The average molecular weight is 405 g/mol. The molecule has 0 aliphatic carbocycles. The Hall–Kier alpha value is -3.28. The summed E-state index contributed by atoms with van der Waals surface area (Å²) in [7, 11) is 0. The summed E-state index contributed by atoms with van der Waals surface area (Å²) in [6.07, 6.45) is 0. The summed E-state index contributed by atoms with van der Waals surface area (Å²) in [6, 6.07) is 12.2. The molecule has 1 fully saturated rings. The minimum atomic E-state index is -0.404. The smallest absolute Gasteiger partial charge is 0.254 e. The fourth-order valence-electron chi connectivity index (χ4n) is 3.82. The van der Waals surface area contributed by atoms with Gasteiger partial charge in [0.25, 0.3) is 5.91 Å². The first kappa shape index (κ1) is 20.0. The van der Waals surface area contributed by atoms with E-state index in [0.717, 1.165) is 11.1 Å². The van der Waals surface area contributed by atoms with E-state index >= 15 is 0 Å². The van der Waals surface area contributed by atoms with Gasteiger partial charge in [0.15, 0.2) is 0 Å². The highest BCUT2D eigenvalue weighted by atomic mass is 19.1. The second-order valence-corrected chi connectivity index (χ2v) is 7.81. The number of benzene rings is 2. The lowest BCUT2D eigenvalue weighted by Gasteiger charge is -2.34. The Morgan fingerprint density at radius 1 is 0.900 bits per heavy atom. The average Bonchev–Trinajstić information content (AvgIpc) is 2.74. The van der Waals surface area contributed by atoms with Gasteiger partial charge in [0, 0.05) is 44.1 Å². The standard InChI is InChI=1S/C24H24FN3O2/c1-15-4-5-18(12-16(15)2)23-14-21(20-13-19(25)6-7-22(20)26-23)24(30)28-10-8-27(9-11-28)17(3)29/h4-7,12-14H,8-11H2,1-3H3. The summed E-state index contributed by atoms with van der Waals surface area (Å²) in [4.78, 5) is 33.1. The zero-order valence-electron chi connectivity index (χ0n) is 17.4. The highest BCUT2D eigenvalue weighted by molar-refractivity contribution is 6.07. The highest BCUT2D eigenvalue weighted by Gasteiger charge is 2.25. The van der Waals surface area contributed by atoms with E-state index in [2.05, 4.69) is 0 Å². The lowest BCUT2D eigenvalue weighted by molar-refractivity contribution is -0.130. The Bertz CT molecular complexity index is 1150. The van der Waals surface area contributed by atoms with Gasteiger partial charge in [0.1, 0.15) is 5.82 Å². The van der Waals surface area contributed by atoms with Gasteiger partial charge < -0.3 is 9.80 Å². The van der Waals surface area contributed by atoms with Crippen LogP contribution in [0.1, 0.15) is 28.4 Å². The topological polar surface area (TPSA) is 53.5 Å². The van der Waals surface area contributed by atoms with Crippen molar-refractivity contribution in [1.29, 1.82) is 0 Å². The number of hydrogen-bond donors (Lipinski definition) is 0. The monoisotopic (exact) mass is 405 g/mol. The van der Waals surface area contributed by atoms with Gasteiger partial charge in [-0.15, -0.1) is 0 Å². The third kappa shape index (κ3) is 3.77. The van der Waals surface area contributed by atoms with E-state index in [9.17, 15) is 14.0 Å². The minimum absolute atomic E-state index is 0.00978. The minimum Gasteiger partial charge on any atom is -0.339 e. The Labute approximate surface area is 175 Å². The third-order valence-corrected chi connectivity index (χ3v) is 5.82. The molecular weight excluding hydrogens is 381 g/mol. The predicted octanol–water partition coefficient (Wildman–Crippen LogP) is 3.96. The molecule has 154 valence electrons. The molecule has 2 heterocycles. The molecular formula is C24H24FN3O2. The molecule has 0 atom stereocenters. The summed E-state index contributed by atoms with van der Waals surface area (Å²) in [6.45, 7) is 7.53. The van der Waals surface area contributed by atoms with Gasteiger partial charge in [-0.1, -0.05) is 12.1 Å². The van der Waals surface area contributed by atoms with Crippen LogP contribution in [0.2, 0.25) is 0 Å². The van der Waals surface area contributed by atoms with Crippen molar-refractivity contribution in [1.82, 2.24) is 14.8 Å². The Balaban J connectivity index is 1.77. The quantitative estimate of drug-likeness (QED) is 0.648. The molecule has 1 saturated heterocycles. The number of halogens is 1. The second kappa shape index (κ2) is 7.86. The molecule has 0 spiro atoms. The first-order chi connectivity index (χ1) is 14.3. The van der Waals surface area contributed by atoms with E-state index in [1.807, 2.05) is 32.0 Å². The van der Waals surface area contributed by atoms with Crippen LogP contribution in [0.3, 0.4) is 0 Å². The maximum atomic E-state index is 14.0. The van der Waals surface area contributed by atoms with E-state index in [-0.39, 0.29) is 11.8 Å². The second-order valence-electron chi connectivity index (χ2n) is 7.81. The first-order valence-electron chi connectivity index (χ1n) is 10.1. The number of aromatic nitrogens is 1. The third-order valence-electron chi connectivity index (χ3n) is 5.82. The molecule has 6 heteroatoms. The molecule has 1 aliphatic heterocycles. The molecule has 0 N–H and O–H groups in total. The molecule has 3 aromatic rings. The van der Waals surface area contributed by atoms with E-state index in [0.29, 0.717) is 48.3 Å². The molecule has 4 rings (SSSR count). The van der Waals surface area contributed by atoms with Crippen LogP contribution < -0.4 is 0 Å². The number of pyridine rings is 1. The van der Waals surface area contributed by atoms with Crippen LogP contribution in [0, 0.1) is 19.7 Å². The number of fused-ring (bicyclic) bond motifs is 1. The number of carbonyl (C=O) groups is 2. The lowest BCUT2D eigenvalue weighted by atomic mass is 10.00. The molecule has 30 heavy (non-hydrogen) atoms. The molecule has 5 nitrogen and oxygen atoms in total. The summed E-state index contributed by atoms with van der Waals surface area (Å²) in [5.41, 5.74) is 4.94. The van der Waals surface area contributed by atoms with Gasteiger partial charge in [0.2, 0.25) is 5.91 Å². The Morgan fingerprint density at radius 3 is 2.27 bits per heavy atom. The molecule has 2 amide bonds. The van der Waals surface area contributed by atoms with Crippen molar-refractivity contribution < 1.29 is 14.0 Å². The van der Waals surface area contributed by atoms with Crippen molar-refractivity contribution >= 4 is 22.7 Å². The van der Waals surface area contributed by atoms with Crippen molar-refractivity contribution in [3.63, 3.8) is 0 Å². The van der Waals surface area contributed by atoms with E-state index in [1.165, 1.54) is 24.6 Å². The van der Waals surface area contributed by atoms with Gasteiger partial charge in [-0.2, -0.15) is 0 Å². The van der Waals surface area contributed by atoms with E-state index < -0.39 is 5.82 Å². The van der Waals surface area contributed by atoms with Crippen LogP contribution in [-0.2, 0) is 4.79 Å². The molecule has 0 bridgehead atoms. The van der Waals surface area contributed by atoms with Crippen molar-refractivity contribution in [2.75, 3.05) is 26.2 Å². The highest BCUT2D eigenvalue weighted by Crippen LogP contribution is 2.28. The summed E-state index contributed by atoms with van der Waals surface area (Å²) in [5, 5.41) is 0.501. The molecule has 0 unspecified atom stereocenters. The summed E-state index contributed by atoms with van der Waals surface area (Å²) in [5.74, 6) is -0.560. The Morgan fingerprint density at radius 2 is 1.60 bits per heavy atom. The largest absolute Gasteiger partial charge is 0.339 e. The predicted molar refractivity (Wildman–Crippen MR) is 115 cm³/mol. The number of hydrogen-bond acceptors (Lipinski definition) is 3. The normalized spacial score (nSPS) is 14.3. The Kier molecular flexibility index (Phi) is 5.24. The fraction of sp³-hybridized carbons (Fsp3) is 0.292. The molecule has 1 aromatic heterocycles. The van der Waals surface area contributed by atoms with Crippen LogP contribution in [0.25, 0.3) is 22.2 Å². The van der Waals surface area contributed by atoms with E-state index in [1.54, 1.807) is 21.9 Å². The van der Waals surface area contributed by atoms with Crippen LogP contribution in [0.5, 0.6) is 0 Å². The van der Waals surface area contributed by atoms with Crippen LogP contribution in [0.15, 0.2) is 42.5 Å². The van der Waals surface area contributed by atoms with Gasteiger partial charge >= 0.3 is 0 Å².